The number of aliphatic hydroxyl groups excluding tert-OH is 11. The zero-order valence-electron chi connectivity index (χ0n) is 47.7. The number of aliphatic hydroxyl groups is 11. The van der Waals surface area contributed by atoms with Crippen molar-refractivity contribution in [3.05, 3.63) is 24.3 Å². The second-order valence-corrected chi connectivity index (χ2v) is 21.9. The van der Waals surface area contributed by atoms with Crippen molar-refractivity contribution in [3.8, 4) is 0 Å². The number of hydrogen-bond acceptors (Lipinski definition) is 20. The molecule has 3 fully saturated rings. The van der Waals surface area contributed by atoms with Crippen LogP contribution in [-0.2, 0) is 42.8 Å². The predicted octanol–water partition coefficient (Wildman–Crippen LogP) is 2.16. The van der Waals surface area contributed by atoms with Gasteiger partial charge in [0.1, 0.15) is 67.1 Å². The first-order valence-electron chi connectivity index (χ1n) is 29.7. The minimum absolute atomic E-state index is 0.190. The van der Waals surface area contributed by atoms with Crippen LogP contribution in [0, 0.1) is 0 Å². The van der Waals surface area contributed by atoms with E-state index in [9.17, 15) is 75.7 Å². The third kappa shape index (κ3) is 24.1. The highest BCUT2D eigenvalue weighted by Gasteiger charge is 2.60. The number of allylic oxidation sites excluding steroid dienone is 3. The minimum Gasteiger partial charge on any atom is -0.477 e. The molecule has 0 saturated carbocycles. The normalized spacial score (nSPS) is 30.8. The molecule has 14 N–H and O–H groups in total. The van der Waals surface area contributed by atoms with Crippen LogP contribution < -0.4 is 10.6 Å². The summed E-state index contributed by atoms with van der Waals surface area (Å²) >= 11 is 0. The van der Waals surface area contributed by atoms with Crippen molar-refractivity contribution in [1.82, 2.24) is 10.6 Å². The molecule has 3 saturated heterocycles. The number of ether oxygens (including phenoxy) is 6. The van der Waals surface area contributed by atoms with Gasteiger partial charge in [-0.25, -0.2) is 4.79 Å². The number of aliphatic carboxylic acids is 1. The van der Waals surface area contributed by atoms with Crippen molar-refractivity contribution in [2.75, 3.05) is 26.4 Å². The van der Waals surface area contributed by atoms with Crippen molar-refractivity contribution >= 4 is 17.8 Å². The van der Waals surface area contributed by atoms with Gasteiger partial charge in [0.05, 0.1) is 50.7 Å². The lowest BCUT2D eigenvalue weighted by Crippen LogP contribution is -2.70. The molecule has 3 rings (SSSR count). The highest BCUT2D eigenvalue weighted by Crippen LogP contribution is 2.38. The fourth-order valence-electron chi connectivity index (χ4n) is 10.3. The first-order chi connectivity index (χ1) is 38.4. The monoisotopic (exact) mass is 1150 g/mol. The van der Waals surface area contributed by atoms with Gasteiger partial charge in [0.2, 0.25) is 11.8 Å². The van der Waals surface area contributed by atoms with Crippen molar-refractivity contribution in [2.24, 2.45) is 0 Å². The lowest BCUT2D eigenvalue weighted by atomic mass is 9.88. The first kappa shape index (κ1) is 71.5. The number of carboxylic acid groups (broad SMARTS) is 1. The summed E-state index contributed by atoms with van der Waals surface area (Å²) in [6, 6.07) is -2.62. The molecule has 23 nitrogen and oxygen atoms in total. The Morgan fingerprint density at radius 1 is 0.650 bits per heavy atom. The molecule has 0 aromatic heterocycles. The maximum Gasteiger partial charge on any atom is 0.364 e. The van der Waals surface area contributed by atoms with Gasteiger partial charge in [-0.2, -0.15) is 0 Å². The molecule has 80 heavy (non-hydrogen) atoms. The first-order valence-corrected chi connectivity index (χ1v) is 29.7. The molecule has 3 aliphatic rings. The van der Waals surface area contributed by atoms with Gasteiger partial charge in [0, 0.05) is 19.8 Å². The molecule has 0 bridgehead atoms. The summed E-state index contributed by atoms with van der Waals surface area (Å²) in [4.78, 5) is 38.3. The van der Waals surface area contributed by atoms with E-state index in [4.69, 9.17) is 28.4 Å². The Labute approximate surface area is 473 Å². The Kier molecular flexibility index (Phi) is 35.5. The SMILES string of the molecule is CCCCCCCCC/C=C\CCCCCCCC(=O)NC(COC1OC(CO)C(OC2OC(CO)C(O)C(OC3(C(=O)O)CC(O)C(NC(C)=O)C(C(O)C(O)CO)O3)C2O)C(O)C1O)C(O)/C=C/CCCCCCCCCC. The fourth-order valence-corrected chi connectivity index (χ4v) is 10.3. The van der Waals surface area contributed by atoms with Gasteiger partial charge >= 0.3 is 5.97 Å². The molecule has 0 aromatic rings. The molecule has 466 valence electrons. The minimum atomic E-state index is -3.08. The van der Waals surface area contributed by atoms with Gasteiger partial charge in [-0.1, -0.05) is 141 Å². The van der Waals surface area contributed by atoms with E-state index in [-0.39, 0.29) is 12.3 Å². The Balaban J connectivity index is 1.67. The Morgan fingerprint density at radius 2 is 1.18 bits per heavy atom. The van der Waals surface area contributed by atoms with E-state index >= 15 is 0 Å². The predicted molar refractivity (Wildman–Crippen MR) is 292 cm³/mol. The van der Waals surface area contributed by atoms with E-state index in [1.807, 2.05) is 6.08 Å². The topological polar surface area (TPSA) is 373 Å². The lowest BCUT2D eigenvalue weighted by Gasteiger charge is -2.50. The summed E-state index contributed by atoms with van der Waals surface area (Å²) in [5.74, 6) is -6.16. The zero-order valence-corrected chi connectivity index (χ0v) is 47.7. The molecular weight excluding hydrogens is 1050 g/mol. The van der Waals surface area contributed by atoms with Crippen molar-refractivity contribution in [1.29, 1.82) is 0 Å². The molecule has 18 atom stereocenters. The zero-order chi connectivity index (χ0) is 59.0. The summed E-state index contributed by atoms with van der Waals surface area (Å²) in [5.41, 5.74) is 0. The van der Waals surface area contributed by atoms with Gasteiger partial charge in [-0.3, -0.25) is 9.59 Å². The summed E-state index contributed by atoms with van der Waals surface area (Å²) < 4.78 is 34.6. The summed E-state index contributed by atoms with van der Waals surface area (Å²) in [6.07, 6.45) is 4.08. The molecule has 0 radical (unpaired) electrons. The number of carbonyl (C=O) groups is 3. The standard InChI is InChI=1S/C57H102N2O21/c1-4-6-8-10-12-14-16-17-18-19-20-21-23-25-27-29-31-44(67)59-38(39(64)30-28-26-24-22-15-13-11-9-7-5-2)36-75-54-49(71)48(70)51(43(35-62)77-54)78-55-50(72)53(47(69)42(34-61)76-55)80-57(56(73)74)32-40(65)45(58-37(3)63)52(79-57)46(68)41(66)33-60/h18-19,28,30,38-43,45-55,60-62,64-66,68-72H,4-17,20-27,29,31-36H2,1-3H3,(H,58,63)(H,59,67)(H,73,74)/b19-18-,30-28+. The average molecular weight is 1150 g/mol. The second-order valence-electron chi connectivity index (χ2n) is 21.9. The van der Waals surface area contributed by atoms with Gasteiger partial charge in [0.15, 0.2) is 12.6 Å². The average Bonchev–Trinajstić information content (AvgIpc) is 3.55. The number of carboxylic acids is 1. The molecule has 23 heteroatoms. The van der Waals surface area contributed by atoms with Crippen LogP contribution in [0.1, 0.15) is 181 Å². The largest absolute Gasteiger partial charge is 0.477 e. The van der Waals surface area contributed by atoms with Gasteiger partial charge in [-0.15, -0.1) is 0 Å². The molecule has 3 heterocycles. The molecule has 2 amide bonds. The number of nitrogens with one attached hydrogen (secondary N) is 2. The van der Waals surface area contributed by atoms with E-state index in [1.54, 1.807) is 6.08 Å². The Morgan fingerprint density at radius 3 is 1.70 bits per heavy atom. The van der Waals surface area contributed by atoms with Crippen molar-refractivity contribution < 1.29 is 104 Å². The van der Waals surface area contributed by atoms with Crippen LogP contribution >= 0.6 is 0 Å². The number of hydrogen-bond donors (Lipinski definition) is 14. The molecule has 3 aliphatic heterocycles. The number of unbranched alkanes of at least 4 members (excludes halogenated alkanes) is 20. The van der Waals surface area contributed by atoms with Crippen LogP contribution in [0.15, 0.2) is 24.3 Å². The van der Waals surface area contributed by atoms with E-state index in [1.165, 1.54) is 77.0 Å². The summed E-state index contributed by atoms with van der Waals surface area (Å²) in [6.45, 7) is 2.05. The summed E-state index contributed by atoms with van der Waals surface area (Å²) in [7, 11) is 0. The lowest BCUT2D eigenvalue weighted by molar-refractivity contribution is -0.386. The van der Waals surface area contributed by atoms with Crippen molar-refractivity contribution in [2.45, 2.75) is 291 Å². The Hall–Kier alpha value is -2.79. The molecule has 0 aromatic carbocycles. The van der Waals surface area contributed by atoms with Crippen LogP contribution in [0.2, 0.25) is 0 Å². The number of carbonyl (C=O) groups excluding carboxylic acids is 2. The molecular formula is C57H102N2O21. The van der Waals surface area contributed by atoms with Crippen LogP contribution in [0.3, 0.4) is 0 Å². The van der Waals surface area contributed by atoms with E-state index in [0.717, 1.165) is 64.7 Å². The van der Waals surface area contributed by atoms with E-state index < -0.39 is 155 Å². The van der Waals surface area contributed by atoms with Gasteiger partial charge in [-0.05, 0) is 44.9 Å². The van der Waals surface area contributed by atoms with Gasteiger partial charge in [0.25, 0.3) is 5.79 Å². The third-order valence-corrected chi connectivity index (χ3v) is 15.1. The quantitative estimate of drug-likeness (QED) is 0.0308. The molecule has 18 unspecified atom stereocenters. The van der Waals surface area contributed by atoms with Crippen LogP contribution in [0.25, 0.3) is 0 Å². The van der Waals surface area contributed by atoms with Crippen LogP contribution in [0.5, 0.6) is 0 Å². The second kappa shape index (κ2) is 39.7. The molecule has 0 spiro atoms. The smallest absolute Gasteiger partial charge is 0.364 e. The third-order valence-electron chi connectivity index (χ3n) is 15.1. The van der Waals surface area contributed by atoms with E-state index in [0.29, 0.717) is 12.8 Å². The van der Waals surface area contributed by atoms with Crippen LogP contribution in [0.4, 0.5) is 0 Å². The Bertz CT molecular complexity index is 1750. The van der Waals surface area contributed by atoms with Crippen LogP contribution in [-0.4, -0.2) is 215 Å². The highest BCUT2D eigenvalue weighted by atomic mass is 16.8. The van der Waals surface area contributed by atoms with Gasteiger partial charge < -0.3 is 100 Å². The number of amides is 2. The molecule has 0 aliphatic carbocycles. The maximum atomic E-state index is 13.3. The fraction of sp³-hybridized carbons (Fsp3) is 0.877. The number of rotatable bonds is 42. The van der Waals surface area contributed by atoms with Crippen molar-refractivity contribution in [3.63, 3.8) is 0 Å². The highest BCUT2D eigenvalue weighted by molar-refractivity contribution is 5.77. The maximum absolute atomic E-state index is 13.3. The van der Waals surface area contributed by atoms with E-state index in [2.05, 4.69) is 36.6 Å². The summed E-state index contributed by atoms with van der Waals surface area (Å²) in [5, 5.41) is 135.